The van der Waals surface area contributed by atoms with Gasteiger partial charge in [0.2, 0.25) is 0 Å². The lowest BCUT2D eigenvalue weighted by molar-refractivity contribution is -0.120. The summed E-state index contributed by atoms with van der Waals surface area (Å²) in [4.78, 5) is 25.8. The van der Waals surface area contributed by atoms with Gasteiger partial charge in [0.25, 0.3) is 5.91 Å². The highest BCUT2D eigenvalue weighted by Crippen LogP contribution is 2.04. The van der Waals surface area contributed by atoms with Gasteiger partial charge in [-0.3, -0.25) is 15.1 Å². The monoisotopic (exact) mass is 191 g/mol. The van der Waals surface area contributed by atoms with E-state index in [0.29, 0.717) is 6.42 Å². The fourth-order valence-electron chi connectivity index (χ4n) is 1.36. The molecule has 5 heteroatoms. The second-order valence-corrected chi connectivity index (χ2v) is 3.07. The molecule has 0 aliphatic carbocycles. The average Bonchev–Trinajstić information content (AvgIpc) is 2.47. The molecular weight excluding hydrogens is 182 g/mol. The molecule has 1 aliphatic heterocycles. The van der Waals surface area contributed by atoms with E-state index in [-0.39, 0.29) is 5.91 Å². The number of hydrogen-bond acceptors (Lipinski definition) is 3. The molecule has 72 valence electrons. The molecule has 0 spiro atoms. The van der Waals surface area contributed by atoms with E-state index in [1.54, 1.807) is 12.4 Å². The zero-order valence-corrected chi connectivity index (χ0v) is 7.36. The Labute approximate surface area is 80.5 Å². The molecule has 14 heavy (non-hydrogen) atoms. The molecule has 2 heterocycles. The number of pyridine rings is 1. The van der Waals surface area contributed by atoms with Crippen molar-refractivity contribution in [2.45, 2.75) is 12.5 Å². The maximum Gasteiger partial charge on any atom is 0.322 e. The Balaban J connectivity index is 2.05. The SMILES string of the molecule is O=C1NC(=O)C(Cc2ccncc2)N1. The van der Waals surface area contributed by atoms with Crippen LogP contribution in [0.4, 0.5) is 4.79 Å². The van der Waals surface area contributed by atoms with Gasteiger partial charge >= 0.3 is 6.03 Å². The van der Waals surface area contributed by atoms with E-state index in [1.165, 1.54) is 0 Å². The smallest absolute Gasteiger partial charge is 0.322 e. The summed E-state index contributed by atoms with van der Waals surface area (Å²) < 4.78 is 0. The predicted octanol–water partition coefficient (Wildman–Crippen LogP) is -0.168. The summed E-state index contributed by atoms with van der Waals surface area (Å²) in [6.07, 6.45) is 3.81. The number of urea groups is 1. The molecule has 0 radical (unpaired) electrons. The van der Waals surface area contributed by atoms with Crippen LogP contribution in [0.5, 0.6) is 0 Å². The van der Waals surface area contributed by atoms with Crippen molar-refractivity contribution in [3.63, 3.8) is 0 Å². The predicted molar refractivity (Wildman–Crippen MR) is 48.4 cm³/mol. The van der Waals surface area contributed by atoms with E-state index in [2.05, 4.69) is 15.6 Å². The number of amides is 3. The first-order valence-corrected chi connectivity index (χ1v) is 4.26. The van der Waals surface area contributed by atoms with E-state index in [4.69, 9.17) is 0 Å². The molecule has 2 rings (SSSR count). The lowest BCUT2D eigenvalue weighted by Crippen LogP contribution is -2.31. The van der Waals surface area contributed by atoms with Crippen LogP contribution in [0.25, 0.3) is 0 Å². The van der Waals surface area contributed by atoms with E-state index in [9.17, 15) is 9.59 Å². The molecule has 2 N–H and O–H groups in total. The van der Waals surface area contributed by atoms with Gasteiger partial charge in [0.1, 0.15) is 6.04 Å². The molecule has 1 unspecified atom stereocenters. The summed E-state index contributed by atoms with van der Waals surface area (Å²) >= 11 is 0. The van der Waals surface area contributed by atoms with Crippen LogP contribution in [-0.2, 0) is 11.2 Å². The van der Waals surface area contributed by atoms with Crippen LogP contribution in [0, 0.1) is 0 Å². The van der Waals surface area contributed by atoms with Gasteiger partial charge in [-0.2, -0.15) is 0 Å². The summed E-state index contributed by atoms with van der Waals surface area (Å²) in [6.45, 7) is 0. The average molecular weight is 191 g/mol. The van der Waals surface area contributed by atoms with Crippen molar-refractivity contribution in [1.82, 2.24) is 15.6 Å². The quantitative estimate of drug-likeness (QED) is 0.638. The maximum atomic E-state index is 11.2. The fraction of sp³-hybridized carbons (Fsp3) is 0.222. The molecule has 1 atom stereocenters. The second-order valence-electron chi connectivity index (χ2n) is 3.07. The number of carbonyl (C=O) groups excluding carboxylic acids is 2. The largest absolute Gasteiger partial charge is 0.326 e. The highest BCUT2D eigenvalue weighted by molar-refractivity contribution is 6.04. The van der Waals surface area contributed by atoms with Crippen LogP contribution in [0.3, 0.4) is 0 Å². The van der Waals surface area contributed by atoms with Crippen molar-refractivity contribution in [3.05, 3.63) is 30.1 Å². The van der Waals surface area contributed by atoms with Crippen molar-refractivity contribution in [2.24, 2.45) is 0 Å². The van der Waals surface area contributed by atoms with Crippen LogP contribution in [-0.4, -0.2) is 23.0 Å². The molecule has 1 aliphatic rings. The first-order valence-electron chi connectivity index (χ1n) is 4.26. The van der Waals surface area contributed by atoms with E-state index >= 15 is 0 Å². The minimum Gasteiger partial charge on any atom is -0.326 e. The van der Waals surface area contributed by atoms with Crippen LogP contribution in [0.2, 0.25) is 0 Å². The van der Waals surface area contributed by atoms with Crippen molar-refractivity contribution in [3.8, 4) is 0 Å². The van der Waals surface area contributed by atoms with Gasteiger partial charge in [-0.25, -0.2) is 4.79 Å². The number of aromatic nitrogens is 1. The molecule has 0 aromatic carbocycles. The van der Waals surface area contributed by atoms with E-state index in [1.807, 2.05) is 12.1 Å². The van der Waals surface area contributed by atoms with Crippen LogP contribution in [0.15, 0.2) is 24.5 Å². The zero-order chi connectivity index (χ0) is 9.97. The van der Waals surface area contributed by atoms with Crippen molar-refractivity contribution in [1.29, 1.82) is 0 Å². The van der Waals surface area contributed by atoms with Gasteiger partial charge in [0.15, 0.2) is 0 Å². The molecule has 0 bridgehead atoms. The molecule has 1 fully saturated rings. The lowest BCUT2D eigenvalue weighted by atomic mass is 10.1. The number of rotatable bonds is 2. The third-order valence-corrected chi connectivity index (χ3v) is 2.05. The van der Waals surface area contributed by atoms with Gasteiger partial charge in [-0.05, 0) is 17.7 Å². The van der Waals surface area contributed by atoms with E-state index in [0.717, 1.165) is 5.56 Å². The minimum atomic E-state index is -0.454. The van der Waals surface area contributed by atoms with Crippen LogP contribution >= 0.6 is 0 Å². The fourth-order valence-corrected chi connectivity index (χ4v) is 1.36. The van der Waals surface area contributed by atoms with Gasteiger partial charge < -0.3 is 5.32 Å². The Kier molecular flexibility index (Phi) is 2.14. The van der Waals surface area contributed by atoms with Crippen LogP contribution in [0.1, 0.15) is 5.56 Å². The summed E-state index contributed by atoms with van der Waals surface area (Å²) in [5.41, 5.74) is 0.974. The Morgan fingerprint density at radius 3 is 2.57 bits per heavy atom. The van der Waals surface area contributed by atoms with E-state index < -0.39 is 12.1 Å². The summed E-state index contributed by atoms with van der Waals surface area (Å²) in [6, 6.07) is 2.76. The molecule has 0 saturated carbocycles. The van der Waals surface area contributed by atoms with Crippen molar-refractivity contribution < 1.29 is 9.59 Å². The standard InChI is InChI=1S/C9H9N3O2/c13-8-7(11-9(14)12-8)5-6-1-3-10-4-2-6/h1-4,7H,5H2,(H2,11,12,13,14). The Bertz CT molecular complexity index is 364. The molecular formula is C9H9N3O2. The topological polar surface area (TPSA) is 71.1 Å². The second kappa shape index (κ2) is 3.45. The summed E-state index contributed by atoms with van der Waals surface area (Å²) in [5.74, 6) is -0.271. The molecule has 1 aromatic rings. The number of imide groups is 1. The van der Waals surface area contributed by atoms with Gasteiger partial charge in [-0.15, -0.1) is 0 Å². The normalized spacial score (nSPS) is 20.4. The number of nitrogens with zero attached hydrogens (tertiary/aromatic N) is 1. The summed E-state index contributed by atoms with van der Waals surface area (Å²) in [7, 11) is 0. The zero-order valence-electron chi connectivity index (χ0n) is 7.36. The number of nitrogens with one attached hydrogen (secondary N) is 2. The highest BCUT2D eigenvalue weighted by Gasteiger charge is 2.29. The highest BCUT2D eigenvalue weighted by atomic mass is 16.2. The van der Waals surface area contributed by atoms with Crippen molar-refractivity contribution in [2.75, 3.05) is 0 Å². The molecule has 5 nitrogen and oxygen atoms in total. The first-order chi connectivity index (χ1) is 6.75. The Morgan fingerprint density at radius 2 is 2.00 bits per heavy atom. The third kappa shape index (κ3) is 1.71. The van der Waals surface area contributed by atoms with Gasteiger partial charge in [0, 0.05) is 18.8 Å². The minimum absolute atomic E-state index is 0.271. The third-order valence-electron chi connectivity index (χ3n) is 2.05. The Morgan fingerprint density at radius 1 is 1.29 bits per heavy atom. The lowest BCUT2D eigenvalue weighted by Gasteiger charge is -2.05. The summed E-state index contributed by atoms with van der Waals surface area (Å²) in [5, 5.41) is 4.71. The van der Waals surface area contributed by atoms with Gasteiger partial charge in [-0.1, -0.05) is 0 Å². The molecule has 3 amide bonds. The maximum absolute atomic E-state index is 11.2. The van der Waals surface area contributed by atoms with Crippen molar-refractivity contribution >= 4 is 11.9 Å². The van der Waals surface area contributed by atoms with Crippen LogP contribution < -0.4 is 10.6 Å². The van der Waals surface area contributed by atoms with Gasteiger partial charge in [0.05, 0.1) is 0 Å². The molecule has 1 saturated heterocycles. The number of hydrogen-bond donors (Lipinski definition) is 2. The first kappa shape index (κ1) is 8.68. The Hall–Kier alpha value is -1.91. The molecule has 1 aromatic heterocycles. The number of carbonyl (C=O) groups is 2.